The fourth-order valence-corrected chi connectivity index (χ4v) is 4.34. The van der Waals surface area contributed by atoms with E-state index in [1.807, 2.05) is 38.1 Å². The predicted octanol–water partition coefficient (Wildman–Crippen LogP) is 3.67. The van der Waals surface area contributed by atoms with Crippen molar-refractivity contribution in [2.24, 2.45) is 0 Å². The zero-order chi connectivity index (χ0) is 26.4. The van der Waals surface area contributed by atoms with E-state index in [0.717, 1.165) is 11.1 Å². The number of pyridine rings is 3. The monoisotopic (exact) mass is 500 g/mol. The molecule has 0 saturated carbocycles. The van der Waals surface area contributed by atoms with Crippen LogP contribution >= 0.6 is 0 Å². The summed E-state index contributed by atoms with van der Waals surface area (Å²) in [4.78, 5) is 42.0. The molecule has 38 heavy (non-hydrogen) atoms. The van der Waals surface area contributed by atoms with E-state index in [0.29, 0.717) is 33.7 Å². The van der Waals surface area contributed by atoms with Gasteiger partial charge in [0.05, 0.1) is 39.3 Å². The maximum Gasteiger partial charge on any atom is 0.333 e. The molecule has 0 aliphatic carbocycles. The van der Waals surface area contributed by atoms with Crippen molar-refractivity contribution >= 4 is 21.9 Å². The van der Waals surface area contributed by atoms with E-state index in [-0.39, 0.29) is 5.39 Å². The molecule has 0 fully saturated rings. The molecular weight excluding hydrogens is 480 g/mol. The molecule has 0 bridgehead atoms. The fraction of sp³-hybridized carbons (Fsp3) is 0.107. The molecule has 10 heteroatoms. The highest BCUT2D eigenvalue weighted by Gasteiger charge is 2.20. The summed E-state index contributed by atoms with van der Waals surface area (Å²) in [6.07, 6.45) is 6.62. The summed E-state index contributed by atoms with van der Waals surface area (Å²) in [5.41, 5.74) is 2.14. The van der Waals surface area contributed by atoms with Gasteiger partial charge in [-0.05, 0) is 61.9 Å². The molecular formula is C28H20N8O2. The quantitative estimate of drug-likeness (QED) is 0.365. The largest absolute Gasteiger partial charge is 0.333 e. The lowest BCUT2D eigenvalue weighted by Gasteiger charge is -2.17. The van der Waals surface area contributed by atoms with E-state index >= 15 is 0 Å². The topological polar surface area (TPSA) is 135 Å². The van der Waals surface area contributed by atoms with Gasteiger partial charge in [-0.15, -0.1) is 0 Å². The van der Waals surface area contributed by atoms with Gasteiger partial charge in [0, 0.05) is 30.4 Å². The second kappa shape index (κ2) is 8.60. The number of aromatic amines is 1. The molecule has 184 valence electrons. The van der Waals surface area contributed by atoms with E-state index in [1.165, 1.54) is 10.8 Å². The van der Waals surface area contributed by atoms with Gasteiger partial charge in [-0.1, -0.05) is 12.1 Å². The molecule has 0 radical (unpaired) electrons. The zero-order valence-corrected chi connectivity index (χ0v) is 20.5. The third kappa shape index (κ3) is 3.74. The fourth-order valence-electron chi connectivity index (χ4n) is 4.34. The van der Waals surface area contributed by atoms with Gasteiger partial charge in [0.15, 0.2) is 5.82 Å². The molecule has 6 rings (SSSR count). The van der Waals surface area contributed by atoms with Crippen molar-refractivity contribution in [1.29, 1.82) is 5.26 Å². The van der Waals surface area contributed by atoms with Gasteiger partial charge in [0.1, 0.15) is 5.52 Å². The van der Waals surface area contributed by atoms with Gasteiger partial charge < -0.3 is 0 Å². The van der Waals surface area contributed by atoms with Crippen molar-refractivity contribution in [3.05, 3.63) is 106 Å². The highest BCUT2D eigenvalue weighted by Crippen LogP contribution is 2.27. The molecule has 1 N–H and O–H groups in total. The van der Waals surface area contributed by atoms with Crippen LogP contribution in [0.5, 0.6) is 0 Å². The number of nitriles is 1. The Morgan fingerprint density at radius 2 is 1.79 bits per heavy atom. The number of nitrogens with one attached hydrogen (secondary N) is 1. The molecule has 0 amide bonds. The summed E-state index contributed by atoms with van der Waals surface area (Å²) in [7, 11) is 0. The first-order valence-corrected chi connectivity index (χ1v) is 11.8. The minimum absolute atomic E-state index is 0.232. The van der Waals surface area contributed by atoms with Gasteiger partial charge in [-0.2, -0.15) is 10.4 Å². The van der Waals surface area contributed by atoms with E-state index in [1.54, 1.807) is 53.6 Å². The Hall–Kier alpha value is -5.43. The Morgan fingerprint density at radius 1 is 0.974 bits per heavy atom. The highest BCUT2D eigenvalue weighted by molar-refractivity contribution is 6.01. The Kier molecular flexibility index (Phi) is 5.20. The summed E-state index contributed by atoms with van der Waals surface area (Å²) >= 11 is 0. The number of aromatic nitrogens is 7. The van der Waals surface area contributed by atoms with Gasteiger partial charge >= 0.3 is 5.69 Å². The molecule has 0 atom stereocenters. The van der Waals surface area contributed by atoms with Crippen molar-refractivity contribution in [2.45, 2.75) is 19.3 Å². The Labute approximate surface area is 215 Å². The first-order chi connectivity index (χ1) is 18.4. The second-order valence-electron chi connectivity index (χ2n) is 9.32. The first-order valence-electron chi connectivity index (χ1n) is 11.8. The number of rotatable bonds is 4. The highest BCUT2D eigenvalue weighted by atomic mass is 16.2. The van der Waals surface area contributed by atoms with E-state index in [4.69, 9.17) is 4.98 Å². The Morgan fingerprint density at radius 3 is 2.47 bits per heavy atom. The summed E-state index contributed by atoms with van der Waals surface area (Å²) in [5, 5.41) is 13.9. The maximum absolute atomic E-state index is 13.1. The molecule has 0 saturated heterocycles. The summed E-state index contributed by atoms with van der Waals surface area (Å²) < 4.78 is 3.07. The maximum atomic E-state index is 13.1. The van der Waals surface area contributed by atoms with Crippen molar-refractivity contribution < 1.29 is 0 Å². The van der Waals surface area contributed by atoms with Gasteiger partial charge in [0.25, 0.3) is 5.56 Å². The van der Waals surface area contributed by atoms with Crippen LogP contribution in [0, 0.1) is 11.3 Å². The number of H-pyrrole nitrogens is 1. The lowest BCUT2D eigenvalue weighted by Crippen LogP contribution is -2.29. The van der Waals surface area contributed by atoms with Gasteiger partial charge in [-0.25, -0.2) is 19.4 Å². The zero-order valence-electron chi connectivity index (χ0n) is 20.5. The third-order valence-corrected chi connectivity index (χ3v) is 6.49. The molecule has 0 aliphatic heterocycles. The molecule has 5 heterocycles. The van der Waals surface area contributed by atoms with Crippen LogP contribution in [0.25, 0.3) is 44.7 Å². The third-order valence-electron chi connectivity index (χ3n) is 6.49. The average molecular weight is 501 g/mol. The van der Waals surface area contributed by atoms with Crippen LogP contribution in [-0.4, -0.2) is 34.3 Å². The van der Waals surface area contributed by atoms with Crippen LogP contribution in [0.2, 0.25) is 0 Å². The first kappa shape index (κ1) is 23.0. The molecule has 6 aromatic rings. The summed E-state index contributed by atoms with van der Waals surface area (Å²) in [6.45, 7) is 3.65. The van der Waals surface area contributed by atoms with Crippen LogP contribution in [0.3, 0.4) is 0 Å². The van der Waals surface area contributed by atoms with Crippen LogP contribution < -0.4 is 11.2 Å². The van der Waals surface area contributed by atoms with E-state index in [2.05, 4.69) is 26.1 Å². The Bertz CT molecular complexity index is 1980. The van der Waals surface area contributed by atoms with Crippen LogP contribution in [-0.2, 0) is 5.41 Å². The molecule has 0 spiro atoms. The lowest BCUT2D eigenvalue weighted by atomic mass is 9.86. The molecule has 0 unspecified atom stereocenters. The lowest BCUT2D eigenvalue weighted by molar-refractivity contribution is 0.686. The second-order valence-corrected chi connectivity index (χ2v) is 9.32. The number of benzene rings is 1. The van der Waals surface area contributed by atoms with E-state index in [9.17, 15) is 14.9 Å². The smallest absolute Gasteiger partial charge is 0.273 e. The van der Waals surface area contributed by atoms with Gasteiger partial charge in [0.2, 0.25) is 0 Å². The van der Waals surface area contributed by atoms with Crippen molar-refractivity contribution in [1.82, 2.24) is 34.3 Å². The SMILES string of the molecule is CC(C)(C#N)c1ccc(-n2c(=O)[nH]c(=O)c3cnc4ccc(-c5ccc(-n6cccn6)nc5)nc4c32)cc1. The molecule has 0 aliphatic rings. The van der Waals surface area contributed by atoms with Crippen molar-refractivity contribution in [2.75, 3.05) is 0 Å². The molecule has 10 nitrogen and oxygen atoms in total. The van der Waals surface area contributed by atoms with Crippen LogP contribution in [0.15, 0.2) is 89.0 Å². The van der Waals surface area contributed by atoms with Crippen LogP contribution in [0.1, 0.15) is 19.4 Å². The van der Waals surface area contributed by atoms with E-state index < -0.39 is 16.7 Å². The van der Waals surface area contributed by atoms with Crippen molar-refractivity contribution in [3.63, 3.8) is 0 Å². The Balaban J connectivity index is 1.56. The van der Waals surface area contributed by atoms with Crippen molar-refractivity contribution in [3.8, 4) is 28.8 Å². The minimum atomic E-state index is -0.690. The van der Waals surface area contributed by atoms with Gasteiger partial charge in [-0.3, -0.25) is 19.3 Å². The number of fused-ring (bicyclic) bond motifs is 3. The number of nitrogens with zero attached hydrogens (tertiary/aromatic N) is 7. The standard InChI is InChI=1S/C28H20N8O2/c1-28(2,16-29)18-5-7-19(8-6-18)36-25-20(26(37)34-27(36)38)15-30-22-10-9-21(33-24(22)25)17-4-11-23(31-14-17)35-13-3-12-32-35/h3-15H,1-2H3,(H,34,37,38). The summed E-state index contributed by atoms with van der Waals surface area (Å²) in [5.74, 6) is 0.662. The minimum Gasteiger partial charge on any atom is -0.273 e. The number of hydrogen-bond acceptors (Lipinski definition) is 7. The molecule has 1 aromatic carbocycles. The average Bonchev–Trinajstić information content (AvgIpc) is 3.48. The normalized spacial score (nSPS) is 11.6. The summed E-state index contributed by atoms with van der Waals surface area (Å²) in [6, 6.07) is 18.5. The predicted molar refractivity (Wildman–Crippen MR) is 142 cm³/mol. The molecule has 5 aromatic heterocycles. The number of hydrogen-bond donors (Lipinski definition) is 1. The van der Waals surface area contributed by atoms with Crippen LogP contribution in [0.4, 0.5) is 0 Å².